The minimum absolute atomic E-state index is 0.0529. The summed E-state index contributed by atoms with van der Waals surface area (Å²) in [6, 6.07) is 12.9. The summed E-state index contributed by atoms with van der Waals surface area (Å²) in [7, 11) is 1.59. The number of amides is 1. The number of anilines is 1. The number of thioether (sulfide) groups is 1. The maximum atomic E-state index is 12.3. The molecule has 166 valence electrons. The van der Waals surface area contributed by atoms with Gasteiger partial charge in [-0.3, -0.25) is 19.5 Å². The zero-order chi connectivity index (χ0) is 22.9. The number of nitrogens with one attached hydrogen (secondary N) is 1. The number of hydrogen-bond acceptors (Lipinski definition) is 8. The first kappa shape index (κ1) is 22.8. The fraction of sp³-hybridized carbons (Fsp3) is 0.190. The van der Waals surface area contributed by atoms with Crippen molar-refractivity contribution < 1.29 is 19.2 Å². The summed E-state index contributed by atoms with van der Waals surface area (Å²) in [4.78, 5) is 22.6. The van der Waals surface area contributed by atoms with E-state index in [-0.39, 0.29) is 24.0 Å². The summed E-state index contributed by atoms with van der Waals surface area (Å²) < 4.78 is 12.7. The van der Waals surface area contributed by atoms with Crippen molar-refractivity contribution in [3.8, 4) is 11.5 Å². The number of methoxy groups -OCH3 is 1. The molecule has 0 aliphatic rings. The second kappa shape index (κ2) is 11.0. The quantitative estimate of drug-likeness (QED) is 0.201. The number of hydrogen-bond donors (Lipinski definition) is 1. The van der Waals surface area contributed by atoms with Crippen LogP contribution in [0.15, 0.2) is 66.3 Å². The number of nitrogens with zero attached hydrogens (tertiary/aromatic N) is 4. The fourth-order valence-electron chi connectivity index (χ4n) is 2.69. The summed E-state index contributed by atoms with van der Waals surface area (Å²) in [6.45, 7) is 4.39. The van der Waals surface area contributed by atoms with Crippen molar-refractivity contribution in [3.05, 3.63) is 77.1 Å². The second-order valence-electron chi connectivity index (χ2n) is 6.41. The van der Waals surface area contributed by atoms with Crippen LogP contribution in [0.5, 0.6) is 11.5 Å². The minimum atomic E-state index is -0.516. The van der Waals surface area contributed by atoms with Crippen molar-refractivity contribution >= 4 is 29.0 Å². The van der Waals surface area contributed by atoms with Gasteiger partial charge in [0.05, 0.1) is 17.8 Å². The average molecular weight is 455 g/mol. The molecule has 2 aromatic carbocycles. The zero-order valence-electron chi connectivity index (χ0n) is 17.3. The Morgan fingerprint density at radius 1 is 1.25 bits per heavy atom. The molecule has 3 rings (SSSR count). The summed E-state index contributed by atoms with van der Waals surface area (Å²) in [5, 5.41) is 22.4. The molecule has 0 saturated heterocycles. The molecule has 11 heteroatoms. The van der Waals surface area contributed by atoms with Crippen LogP contribution in [0.2, 0.25) is 0 Å². The Morgan fingerprint density at radius 2 is 2.00 bits per heavy atom. The lowest BCUT2D eigenvalue weighted by Gasteiger charge is -2.10. The molecule has 0 bridgehead atoms. The lowest BCUT2D eigenvalue weighted by atomic mass is 10.3. The molecule has 0 aliphatic carbocycles. The molecule has 0 unspecified atom stereocenters. The van der Waals surface area contributed by atoms with E-state index in [0.29, 0.717) is 29.0 Å². The van der Waals surface area contributed by atoms with Crippen LogP contribution in [0, 0.1) is 10.1 Å². The number of aromatic nitrogens is 3. The van der Waals surface area contributed by atoms with Crippen LogP contribution in [0.4, 0.5) is 11.4 Å². The van der Waals surface area contributed by atoms with Crippen molar-refractivity contribution in [2.24, 2.45) is 0 Å². The number of nitro benzene ring substituents is 1. The van der Waals surface area contributed by atoms with Crippen molar-refractivity contribution in [2.45, 2.75) is 18.3 Å². The molecule has 0 radical (unpaired) electrons. The molecule has 1 N–H and O–H groups in total. The highest BCUT2D eigenvalue weighted by atomic mass is 32.2. The van der Waals surface area contributed by atoms with Gasteiger partial charge in [0.15, 0.2) is 11.0 Å². The lowest BCUT2D eigenvalue weighted by molar-refractivity contribution is -0.384. The van der Waals surface area contributed by atoms with E-state index in [1.165, 1.54) is 30.0 Å². The number of non-ortho nitro benzene ring substituents is 1. The van der Waals surface area contributed by atoms with E-state index in [0.717, 1.165) is 5.75 Å². The van der Waals surface area contributed by atoms with Crippen molar-refractivity contribution in [2.75, 3.05) is 18.2 Å². The van der Waals surface area contributed by atoms with Crippen molar-refractivity contribution in [3.63, 3.8) is 0 Å². The topological polar surface area (TPSA) is 121 Å². The highest BCUT2D eigenvalue weighted by Crippen LogP contribution is 2.22. The van der Waals surface area contributed by atoms with E-state index < -0.39 is 4.92 Å². The van der Waals surface area contributed by atoms with Crippen LogP contribution in [-0.2, 0) is 17.9 Å². The normalized spacial score (nSPS) is 10.4. The van der Waals surface area contributed by atoms with Gasteiger partial charge >= 0.3 is 0 Å². The van der Waals surface area contributed by atoms with Gasteiger partial charge in [0.25, 0.3) is 5.69 Å². The summed E-state index contributed by atoms with van der Waals surface area (Å²) in [6.07, 6.45) is 1.70. The standard InChI is InChI=1S/C21H21N5O5S/c1-3-11-25-19(13-31-18-9-7-17(30-2)8-10-18)23-24-21(25)32-14-20(27)22-15-5-4-6-16(12-15)26(28)29/h3-10,12H,1,11,13-14H2,2H3,(H,22,27). The Labute approximate surface area is 188 Å². The molecule has 3 aromatic rings. The maximum absolute atomic E-state index is 12.3. The molecule has 0 atom stereocenters. The lowest BCUT2D eigenvalue weighted by Crippen LogP contribution is -2.15. The second-order valence-corrected chi connectivity index (χ2v) is 7.35. The number of carbonyl (C=O) groups excluding carboxylic acids is 1. The fourth-order valence-corrected chi connectivity index (χ4v) is 3.46. The third kappa shape index (κ3) is 6.08. The Morgan fingerprint density at radius 3 is 2.69 bits per heavy atom. The van der Waals surface area contributed by atoms with Crippen LogP contribution < -0.4 is 14.8 Å². The molecule has 0 spiro atoms. The van der Waals surface area contributed by atoms with E-state index in [1.807, 2.05) is 4.57 Å². The SMILES string of the molecule is C=CCn1c(COc2ccc(OC)cc2)nnc1SCC(=O)Nc1cccc([N+](=O)[O-])c1. The number of carbonyl (C=O) groups is 1. The highest BCUT2D eigenvalue weighted by Gasteiger charge is 2.15. The van der Waals surface area contributed by atoms with Gasteiger partial charge in [0.1, 0.15) is 18.1 Å². The Hall–Kier alpha value is -3.86. The molecule has 0 saturated carbocycles. The predicted octanol–water partition coefficient (Wildman–Crippen LogP) is 3.69. The van der Waals surface area contributed by atoms with Crippen LogP contribution in [0.25, 0.3) is 0 Å². The van der Waals surface area contributed by atoms with Gasteiger partial charge in [0, 0.05) is 24.4 Å². The summed E-state index contributed by atoms with van der Waals surface area (Å²) in [5.41, 5.74) is 0.258. The molecule has 1 amide bonds. The van der Waals surface area contributed by atoms with Crippen LogP contribution >= 0.6 is 11.8 Å². The number of allylic oxidation sites excluding steroid dienone is 1. The number of benzene rings is 2. The molecular weight excluding hydrogens is 434 g/mol. The highest BCUT2D eigenvalue weighted by molar-refractivity contribution is 7.99. The van der Waals surface area contributed by atoms with E-state index in [1.54, 1.807) is 43.5 Å². The van der Waals surface area contributed by atoms with Gasteiger partial charge < -0.3 is 14.8 Å². The van der Waals surface area contributed by atoms with Crippen LogP contribution in [-0.4, -0.2) is 38.5 Å². The Balaban J connectivity index is 1.60. The van der Waals surface area contributed by atoms with E-state index in [4.69, 9.17) is 9.47 Å². The Kier molecular flexibility index (Phi) is 7.81. The zero-order valence-corrected chi connectivity index (χ0v) is 18.1. The van der Waals surface area contributed by atoms with Gasteiger partial charge in [-0.15, -0.1) is 16.8 Å². The number of ether oxygens (including phenoxy) is 2. The predicted molar refractivity (Wildman–Crippen MR) is 120 cm³/mol. The van der Waals surface area contributed by atoms with Gasteiger partial charge in [-0.1, -0.05) is 23.9 Å². The Bertz CT molecular complexity index is 1100. The monoisotopic (exact) mass is 455 g/mol. The van der Waals surface area contributed by atoms with Gasteiger partial charge in [-0.25, -0.2) is 0 Å². The third-order valence-electron chi connectivity index (χ3n) is 4.21. The van der Waals surface area contributed by atoms with Crippen LogP contribution in [0.1, 0.15) is 5.82 Å². The largest absolute Gasteiger partial charge is 0.497 e. The first-order valence-corrected chi connectivity index (χ1v) is 10.5. The number of nitro groups is 1. The first-order chi connectivity index (χ1) is 15.5. The number of rotatable bonds is 11. The molecule has 0 aliphatic heterocycles. The van der Waals surface area contributed by atoms with Crippen molar-refractivity contribution in [1.82, 2.24) is 14.8 Å². The van der Waals surface area contributed by atoms with Crippen LogP contribution in [0.3, 0.4) is 0 Å². The molecule has 1 heterocycles. The van der Waals surface area contributed by atoms with E-state index in [9.17, 15) is 14.9 Å². The van der Waals surface area contributed by atoms with Gasteiger partial charge in [-0.05, 0) is 30.3 Å². The molecule has 10 nitrogen and oxygen atoms in total. The summed E-state index contributed by atoms with van der Waals surface area (Å²) in [5.74, 6) is 1.71. The molecule has 1 aromatic heterocycles. The molecule has 32 heavy (non-hydrogen) atoms. The molecule has 0 fully saturated rings. The minimum Gasteiger partial charge on any atom is -0.497 e. The maximum Gasteiger partial charge on any atom is 0.271 e. The summed E-state index contributed by atoms with van der Waals surface area (Å²) >= 11 is 1.20. The van der Waals surface area contributed by atoms with E-state index in [2.05, 4.69) is 22.1 Å². The molecular formula is C21H21N5O5S. The average Bonchev–Trinajstić information content (AvgIpc) is 3.18. The smallest absolute Gasteiger partial charge is 0.271 e. The van der Waals surface area contributed by atoms with Crippen molar-refractivity contribution in [1.29, 1.82) is 0 Å². The first-order valence-electron chi connectivity index (χ1n) is 9.47. The third-order valence-corrected chi connectivity index (χ3v) is 5.17. The van der Waals surface area contributed by atoms with Gasteiger partial charge in [-0.2, -0.15) is 0 Å². The van der Waals surface area contributed by atoms with Gasteiger partial charge in [0.2, 0.25) is 5.91 Å². The van der Waals surface area contributed by atoms with E-state index >= 15 is 0 Å².